The van der Waals surface area contributed by atoms with E-state index in [0.29, 0.717) is 11.5 Å². The van der Waals surface area contributed by atoms with Crippen LogP contribution in [0.3, 0.4) is 0 Å². The summed E-state index contributed by atoms with van der Waals surface area (Å²) in [6.45, 7) is 0. The lowest BCUT2D eigenvalue weighted by Gasteiger charge is -2.04. The summed E-state index contributed by atoms with van der Waals surface area (Å²) in [5.41, 5.74) is 2.92. The highest BCUT2D eigenvalue weighted by Gasteiger charge is 2.13. The second kappa shape index (κ2) is 7.33. The number of rotatable bonds is 5. The predicted octanol–water partition coefficient (Wildman–Crippen LogP) is 4.64. The van der Waals surface area contributed by atoms with Gasteiger partial charge in [-0.05, 0) is 41.1 Å². The summed E-state index contributed by atoms with van der Waals surface area (Å²) in [5.74, 6) is 0.117. The zero-order valence-electron chi connectivity index (χ0n) is 13.8. The normalized spacial score (nSPS) is 10.6. The van der Waals surface area contributed by atoms with E-state index in [2.05, 4.69) is 27.6 Å². The number of carbonyl (C=O) groups is 1. The molecule has 2 aromatic carbocycles. The SMILES string of the molecule is O=C(Nc1nnc(-c2cccs2)o1)c1ccc(Cc2ccccc2)cc1. The molecular formula is C20H15N3O2S. The highest BCUT2D eigenvalue weighted by Crippen LogP contribution is 2.24. The Morgan fingerprint density at radius 3 is 2.42 bits per heavy atom. The summed E-state index contributed by atoms with van der Waals surface area (Å²) in [7, 11) is 0. The van der Waals surface area contributed by atoms with Crippen LogP contribution < -0.4 is 5.32 Å². The molecule has 0 aliphatic carbocycles. The van der Waals surface area contributed by atoms with Crippen LogP contribution in [0.5, 0.6) is 0 Å². The zero-order chi connectivity index (χ0) is 17.8. The van der Waals surface area contributed by atoms with Gasteiger partial charge in [-0.3, -0.25) is 10.1 Å². The Morgan fingerprint density at radius 1 is 0.923 bits per heavy atom. The van der Waals surface area contributed by atoms with Gasteiger partial charge in [0.15, 0.2) is 0 Å². The molecule has 2 aromatic heterocycles. The van der Waals surface area contributed by atoms with Gasteiger partial charge in [0.05, 0.1) is 4.88 Å². The smallest absolute Gasteiger partial charge is 0.322 e. The minimum atomic E-state index is -0.280. The van der Waals surface area contributed by atoms with Gasteiger partial charge in [-0.25, -0.2) is 0 Å². The quantitative estimate of drug-likeness (QED) is 0.562. The number of nitrogens with one attached hydrogen (secondary N) is 1. The lowest BCUT2D eigenvalue weighted by Crippen LogP contribution is -2.12. The highest BCUT2D eigenvalue weighted by molar-refractivity contribution is 7.13. The summed E-state index contributed by atoms with van der Waals surface area (Å²) in [4.78, 5) is 13.2. The highest BCUT2D eigenvalue weighted by atomic mass is 32.1. The largest absolute Gasteiger partial charge is 0.402 e. The number of benzene rings is 2. The first-order valence-electron chi connectivity index (χ1n) is 8.09. The summed E-state index contributed by atoms with van der Waals surface area (Å²) < 4.78 is 5.48. The van der Waals surface area contributed by atoms with Gasteiger partial charge in [-0.15, -0.1) is 16.4 Å². The Morgan fingerprint density at radius 2 is 1.69 bits per heavy atom. The minimum absolute atomic E-state index is 0.0896. The van der Waals surface area contributed by atoms with Crippen LogP contribution in [0, 0.1) is 0 Å². The van der Waals surface area contributed by atoms with Crippen molar-refractivity contribution >= 4 is 23.3 Å². The van der Waals surface area contributed by atoms with Gasteiger partial charge in [0.1, 0.15) is 0 Å². The third-order valence-corrected chi connectivity index (χ3v) is 4.70. The summed E-state index contributed by atoms with van der Waals surface area (Å²) in [6.07, 6.45) is 0.830. The van der Waals surface area contributed by atoms with E-state index >= 15 is 0 Å². The number of thiophene rings is 1. The molecule has 6 heteroatoms. The van der Waals surface area contributed by atoms with Gasteiger partial charge in [0.25, 0.3) is 11.8 Å². The van der Waals surface area contributed by atoms with E-state index in [9.17, 15) is 4.79 Å². The predicted molar refractivity (Wildman–Crippen MR) is 101 cm³/mol. The number of nitrogens with zero attached hydrogens (tertiary/aromatic N) is 2. The molecule has 0 radical (unpaired) electrons. The lowest BCUT2D eigenvalue weighted by molar-refractivity contribution is 0.102. The van der Waals surface area contributed by atoms with Crippen molar-refractivity contribution in [2.75, 3.05) is 5.32 Å². The van der Waals surface area contributed by atoms with Crippen molar-refractivity contribution in [1.29, 1.82) is 0 Å². The maximum absolute atomic E-state index is 12.3. The van der Waals surface area contributed by atoms with E-state index in [0.717, 1.165) is 16.9 Å². The molecule has 5 nitrogen and oxygen atoms in total. The molecule has 0 aliphatic heterocycles. The fourth-order valence-electron chi connectivity index (χ4n) is 2.55. The van der Waals surface area contributed by atoms with Crippen molar-refractivity contribution < 1.29 is 9.21 Å². The zero-order valence-corrected chi connectivity index (χ0v) is 14.6. The van der Waals surface area contributed by atoms with Gasteiger partial charge in [-0.1, -0.05) is 53.6 Å². The van der Waals surface area contributed by atoms with Crippen molar-refractivity contribution in [3.05, 3.63) is 88.8 Å². The molecular weight excluding hydrogens is 346 g/mol. The molecule has 0 saturated carbocycles. The molecule has 1 amide bonds. The number of aromatic nitrogens is 2. The number of anilines is 1. The second-order valence-electron chi connectivity index (χ2n) is 5.70. The Labute approximate surface area is 154 Å². The lowest BCUT2D eigenvalue weighted by atomic mass is 10.0. The van der Waals surface area contributed by atoms with E-state index in [-0.39, 0.29) is 11.9 Å². The molecule has 0 aliphatic rings. The molecule has 26 heavy (non-hydrogen) atoms. The molecule has 128 valence electrons. The van der Waals surface area contributed by atoms with Gasteiger partial charge in [0, 0.05) is 5.56 Å². The molecule has 4 aromatic rings. The molecule has 1 N–H and O–H groups in total. The fraction of sp³-hybridized carbons (Fsp3) is 0.0500. The standard InChI is InChI=1S/C20H15N3O2S/c24-18(21-20-23-22-19(25-20)17-7-4-12-26-17)16-10-8-15(9-11-16)13-14-5-2-1-3-6-14/h1-12H,13H2,(H,21,23,24). The summed E-state index contributed by atoms with van der Waals surface area (Å²) >= 11 is 1.50. The van der Waals surface area contributed by atoms with Crippen LogP contribution in [0.2, 0.25) is 0 Å². The molecule has 2 heterocycles. The van der Waals surface area contributed by atoms with Crippen molar-refractivity contribution in [3.8, 4) is 10.8 Å². The Bertz CT molecular complexity index is 993. The fourth-order valence-corrected chi connectivity index (χ4v) is 3.19. The topological polar surface area (TPSA) is 68.0 Å². The van der Waals surface area contributed by atoms with E-state index < -0.39 is 0 Å². The van der Waals surface area contributed by atoms with Gasteiger partial charge in [-0.2, -0.15) is 0 Å². The van der Waals surface area contributed by atoms with Gasteiger partial charge in [0.2, 0.25) is 0 Å². The Hall–Kier alpha value is -3.25. The van der Waals surface area contributed by atoms with Crippen LogP contribution in [-0.4, -0.2) is 16.1 Å². The van der Waals surface area contributed by atoms with Crippen LogP contribution in [0.4, 0.5) is 6.01 Å². The maximum Gasteiger partial charge on any atom is 0.322 e. The van der Waals surface area contributed by atoms with E-state index in [1.807, 2.05) is 47.8 Å². The number of hydrogen-bond donors (Lipinski definition) is 1. The van der Waals surface area contributed by atoms with E-state index in [1.165, 1.54) is 16.9 Å². The van der Waals surface area contributed by atoms with Crippen molar-refractivity contribution in [2.24, 2.45) is 0 Å². The van der Waals surface area contributed by atoms with Gasteiger partial charge < -0.3 is 4.42 Å². The van der Waals surface area contributed by atoms with Crippen molar-refractivity contribution in [1.82, 2.24) is 10.2 Å². The second-order valence-corrected chi connectivity index (χ2v) is 6.65. The molecule has 0 atom stereocenters. The Balaban J connectivity index is 1.42. The minimum Gasteiger partial charge on any atom is -0.402 e. The first-order chi connectivity index (χ1) is 12.8. The molecule has 0 unspecified atom stereocenters. The first kappa shape index (κ1) is 16.2. The van der Waals surface area contributed by atoms with Crippen LogP contribution in [0.25, 0.3) is 10.8 Å². The maximum atomic E-state index is 12.3. The van der Waals surface area contributed by atoms with Crippen LogP contribution in [-0.2, 0) is 6.42 Å². The monoisotopic (exact) mass is 361 g/mol. The third kappa shape index (κ3) is 3.70. The molecule has 0 spiro atoms. The number of carbonyl (C=O) groups excluding carboxylic acids is 1. The number of amides is 1. The summed E-state index contributed by atoms with van der Waals surface area (Å²) in [5, 5.41) is 12.4. The third-order valence-electron chi connectivity index (χ3n) is 3.84. The first-order valence-corrected chi connectivity index (χ1v) is 8.97. The molecule has 4 rings (SSSR count). The van der Waals surface area contributed by atoms with E-state index in [4.69, 9.17) is 4.42 Å². The summed E-state index contributed by atoms with van der Waals surface area (Å²) in [6, 6.07) is 21.6. The average molecular weight is 361 g/mol. The molecule has 0 bridgehead atoms. The van der Waals surface area contributed by atoms with Crippen molar-refractivity contribution in [3.63, 3.8) is 0 Å². The molecule has 0 fully saturated rings. The number of hydrogen-bond acceptors (Lipinski definition) is 5. The average Bonchev–Trinajstić information content (AvgIpc) is 3.35. The van der Waals surface area contributed by atoms with Crippen LogP contribution in [0.1, 0.15) is 21.5 Å². The van der Waals surface area contributed by atoms with Crippen molar-refractivity contribution in [2.45, 2.75) is 6.42 Å². The van der Waals surface area contributed by atoms with Crippen LogP contribution in [0.15, 0.2) is 76.5 Å². The van der Waals surface area contributed by atoms with Crippen LogP contribution >= 0.6 is 11.3 Å². The van der Waals surface area contributed by atoms with Gasteiger partial charge >= 0.3 is 6.01 Å². The van der Waals surface area contributed by atoms with E-state index in [1.54, 1.807) is 12.1 Å². The Kier molecular flexibility index (Phi) is 4.57. The molecule has 0 saturated heterocycles.